The lowest BCUT2D eigenvalue weighted by Crippen LogP contribution is -2.46. The Balaban J connectivity index is 1.19. The number of anilines is 2. The maximum Gasteiger partial charge on any atom is 0.487 e. The molecule has 3 aromatic rings. The number of carbonyl (C=O) groups is 1. The molecule has 0 unspecified atom stereocenters. The van der Waals surface area contributed by atoms with Crippen molar-refractivity contribution in [2.45, 2.75) is 55.9 Å². The van der Waals surface area contributed by atoms with Gasteiger partial charge >= 0.3 is 5.57 Å². The first-order valence-corrected chi connectivity index (χ1v) is 15.2. The predicted molar refractivity (Wildman–Crippen MR) is 160 cm³/mol. The van der Waals surface area contributed by atoms with Gasteiger partial charge in [0.2, 0.25) is 0 Å². The second kappa shape index (κ2) is 12.7. The average Bonchev–Trinajstić information content (AvgIpc) is 3.67. The number of hydrogen-bond acceptors (Lipinski definition) is 8. The largest absolute Gasteiger partial charge is 0.487 e. The fourth-order valence-electron chi connectivity index (χ4n) is 6.29. The Kier molecular flexibility index (Phi) is 8.80. The highest BCUT2D eigenvalue weighted by molar-refractivity contribution is 6.20. The predicted octanol–water partition coefficient (Wildman–Crippen LogP) is 4.33. The van der Waals surface area contributed by atoms with Gasteiger partial charge in [-0.3, -0.25) is 9.48 Å². The molecule has 0 saturated carbocycles. The molecule has 1 aromatic carbocycles. The first kappa shape index (κ1) is 29.7. The molecule has 43 heavy (non-hydrogen) atoms. The van der Waals surface area contributed by atoms with Crippen LogP contribution in [0.5, 0.6) is 5.75 Å². The molecule has 5 heterocycles. The molecule has 0 aliphatic carbocycles. The Bertz CT molecular complexity index is 1400. The van der Waals surface area contributed by atoms with E-state index in [0.29, 0.717) is 48.7 Å². The summed E-state index contributed by atoms with van der Waals surface area (Å²) in [7, 11) is 0. The van der Waals surface area contributed by atoms with Gasteiger partial charge in [-0.2, -0.15) is 5.10 Å². The number of hydrogen-bond donors (Lipinski definition) is 3. The molecule has 0 bridgehead atoms. The zero-order valence-corrected chi connectivity index (χ0v) is 24.5. The van der Waals surface area contributed by atoms with Crippen LogP contribution in [-0.2, 0) is 0 Å². The van der Waals surface area contributed by atoms with Gasteiger partial charge in [-0.15, -0.1) is 8.78 Å². The van der Waals surface area contributed by atoms with Crippen molar-refractivity contribution >= 4 is 29.0 Å². The number of aliphatic hydroxyl groups excluding tert-OH is 1. The lowest BCUT2D eigenvalue weighted by Gasteiger charge is -2.39. The van der Waals surface area contributed by atoms with Crippen LogP contribution >= 0.6 is 11.6 Å². The van der Waals surface area contributed by atoms with E-state index in [0.717, 1.165) is 50.1 Å². The van der Waals surface area contributed by atoms with Crippen LogP contribution in [0.2, 0.25) is 0 Å². The van der Waals surface area contributed by atoms with E-state index in [1.807, 2.05) is 22.0 Å². The van der Waals surface area contributed by atoms with Crippen LogP contribution in [0.4, 0.5) is 20.3 Å². The number of pyridine rings is 1. The summed E-state index contributed by atoms with van der Waals surface area (Å²) >= 11 is 4.83. The second-order valence-corrected chi connectivity index (χ2v) is 11.9. The third kappa shape index (κ3) is 7.26. The number of halogens is 3. The fraction of sp³-hybridized carbons (Fsp3) is 0.500. The minimum Gasteiger partial charge on any atom is -0.420 e. The maximum atomic E-state index is 13.2. The number of aromatic nitrogens is 3. The van der Waals surface area contributed by atoms with Crippen molar-refractivity contribution in [2.24, 2.45) is 0 Å². The Morgan fingerprint density at radius 1 is 1.05 bits per heavy atom. The number of aliphatic hydroxyl groups is 1. The van der Waals surface area contributed by atoms with Gasteiger partial charge in [0, 0.05) is 73.0 Å². The zero-order chi connectivity index (χ0) is 30.0. The van der Waals surface area contributed by atoms with Crippen molar-refractivity contribution in [3.63, 3.8) is 0 Å². The average molecular weight is 616 g/mol. The van der Waals surface area contributed by atoms with E-state index in [9.17, 15) is 18.7 Å². The van der Waals surface area contributed by atoms with Crippen molar-refractivity contribution in [3.8, 4) is 16.9 Å². The summed E-state index contributed by atoms with van der Waals surface area (Å²) in [6.07, 6.45) is 10.0. The van der Waals surface area contributed by atoms with E-state index in [1.54, 1.807) is 6.07 Å². The number of alkyl halides is 3. The Morgan fingerprint density at radius 3 is 2.47 bits per heavy atom. The molecule has 2 aromatic heterocycles. The molecule has 1 amide bonds. The Hall–Kier alpha value is -3.32. The van der Waals surface area contributed by atoms with Crippen molar-refractivity contribution in [1.29, 1.82) is 0 Å². The molecular weight excluding hydrogens is 580 g/mol. The summed E-state index contributed by atoms with van der Waals surface area (Å²) in [5, 5.41) is 21.1. The summed E-state index contributed by atoms with van der Waals surface area (Å²) in [6, 6.07) is 8.24. The highest BCUT2D eigenvalue weighted by Crippen LogP contribution is 2.34. The van der Waals surface area contributed by atoms with E-state index < -0.39 is 17.6 Å². The highest BCUT2D eigenvalue weighted by Gasteiger charge is 2.29. The molecule has 10 nitrogen and oxygen atoms in total. The standard InChI is InChI=1S/C30H36ClF2N7O3/c31-30(32,33)43-26-3-1-22(2-4-26)37-29(42)20-15-27(28(35-16-20)39-14-9-25(41)19-39)21-17-36-40(18-21)24-7-12-38(13-8-24)23-5-10-34-11-6-23/h1-4,15-18,23-25,34,41H,5-14,19H2,(H,37,42)/t25-/m1/s1. The van der Waals surface area contributed by atoms with Gasteiger partial charge in [0.1, 0.15) is 11.6 Å². The van der Waals surface area contributed by atoms with E-state index in [-0.39, 0.29) is 5.75 Å². The molecule has 3 fully saturated rings. The SMILES string of the molecule is O=C(Nc1ccc(OC(F)(F)Cl)cc1)c1cnc(N2CC[C@@H](O)C2)c(-c2cnn(C3CCN(C4CCNCC4)CC3)c2)c1. The summed E-state index contributed by atoms with van der Waals surface area (Å²) in [5.41, 5.74) is -1.49. The number of piperidine rings is 2. The fourth-order valence-corrected chi connectivity index (χ4v) is 6.38. The van der Waals surface area contributed by atoms with Gasteiger partial charge in [0.25, 0.3) is 5.91 Å². The minimum absolute atomic E-state index is 0.131. The monoisotopic (exact) mass is 615 g/mol. The molecular formula is C30H36ClF2N7O3. The lowest BCUT2D eigenvalue weighted by molar-refractivity contribution is -0.0964. The van der Waals surface area contributed by atoms with Crippen LogP contribution in [0.3, 0.4) is 0 Å². The lowest BCUT2D eigenvalue weighted by atomic mass is 9.98. The third-order valence-corrected chi connectivity index (χ3v) is 8.63. The highest BCUT2D eigenvalue weighted by atomic mass is 35.5. The van der Waals surface area contributed by atoms with Crippen LogP contribution in [0.25, 0.3) is 11.1 Å². The van der Waals surface area contributed by atoms with Gasteiger partial charge in [0.15, 0.2) is 0 Å². The van der Waals surface area contributed by atoms with Crippen molar-refractivity contribution in [3.05, 3.63) is 54.5 Å². The van der Waals surface area contributed by atoms with Crippen molar-refractivity contribution in [2.75, 3.05) is 49.5 Å². The van der Waals surface area contributed by atoms with Crippen LogP contribution < -0.4 is 20.3 Å². The van der Waals surface area contributed by atoms with Crippen LogP contribution in [-0.4, -0.2) is 87.7 Å². The number of benzene rings is 1. The van der Waals surface area contributed by atoms with E-state index in [2.05, 4.69) is 25.3 Å². The number of β-amino-alcohol motifs (C(OH)–C–C–N with tert-alkyl or cyclic N) is 1. The number of rotatable bonds is 8. The van der Waals surface area contributed by atoms with Crippen LogP contribution in [0, 0.1) is 0 Å². The second-order valence-electron chi connectivity index (χ2n) is 11.5. The van der Waals surface area contributed by atoms with E-state index in [4.69, 9.17) is 16.7 Å². The van der Waals surface area contributed by atoms with Crippen molar-refractivity contribution < 1.29 is 23.4 Å². The minimum atomic E-state index is -3.82. The normalized spacial score (nSPS) is 20.8. The number of likely N-dealkylation sites (tertiary alicyclic amines) is 1. The van der Waals surface area contributed by atoms with Gasteiger partial charge in [-0.1, -0.05) is 0 Å². The number of amides is 1. The number of carbonyl (C=O) groups excluding carboxylic acids is 1. The molecule has 3 N–H and O–H groups in total. The van der Waals surface area contributed by atoms with Crippen LogP contribution in [0.1, 0.15) is 48.5 Å². The first-order valence-electron chi connectivity index (χ1n) is 14.8. The molecule has 3 saturated heterocycles. The van der Waals surface area contributed by atoms with Gasteiger partial charge < -0.3 is 30.3 Å². The molecule has 0 spiro atoms. The summed E-state index contributed by atoms with van der Waals surface area (Å²) < 4.78 is 32.2. The van der Waals surface area contributed by atoms with Gasteiger partial charge in [-0.25, -0.2) is 4.98 Å². The van der Waals surface area contributed by atoms with E-state index >= 15 is 0 Å². The topological polar surface area (TPSA) is 108 Å². The number of nitrogens with one attached hydrogen (secondary N) is 2. The summed E-state index contributed by atoms with van der Waals surface area (Å²) in [6.45, 7) is 5.41. The quantitative estimate of drug-likeness (QED) is 0.322. The molecule has 13 heteroatoms. The Labute approximate surface area is 254 Å². The number of nitrogens with zero attached hydrogens (tertiary/aromatic N) is 5. The maximum absolute atomic E-state index is 13.2. The third-order valence-electron chi connectivity index (χ3n) is 8.55. The van der Waals surface area contributed by atoms with Crippen molar-refractivity contribution in [1.82, 2.24) is 25.0 Å². The van der Waals surface area contributed by atoms with Crippen LogP contribution in [0.15, 0.2) is 48.9 Å². The molecule has 3 aliphatic rings. The van der Waals surface area contributed by atoms with Gasteiger partial charge in [0.05, 0.1) is 23.9 Å². The molecule has 1 atom stereocenters. The summed E-state index contributed by atoms with van der Waals surface area (Å²) in [5.74, 6) is 0.153. The zero-order valence-electron chi connectivity index (χ0n) is 23.8. The first-order chi connectivity index (χ1) is 20.7. The molecule has 230 valence electrons. The molecule has 6 rings (SSSR count). The number of ether oxygens (including phenoxy) is 1. The summed E-state index contributed by atoms with van der Waals surface area (Å²) in [4.78, 5) is 22.5. The van der Waals surface area contributed by atoms with Gasteiger partial charge in [-0.05, 0) is 75.5 Å². The smallest absolute Gasteiger partial charge is 0.420 e. The Morgan fingerprint density at radius 2 is 1.79 bits per heavy atom. The van der Waals surface area contributed by atoms with E-state index in [1.165, 1.54) is 43.3 Å². The molecule has 0 radical (unpaired) electrons. The molecule has 3 aliphatic heterocycles.